The van der Waals surface area contributed by atoms with Gasteiger partial charge in [-0.2, -0.15) is 0 Å². The molecule has 2 nitrogen and oxygen atoms in total. The number of benzene rings is 2. The monoisotopic (exact) mass is 315 g/mol. The number of nitrogens with one attached hydrogen (secondary N) is 1. The van der Waals surface area contributed by atoms with Crippen LogP contribution in [0.2, 0.25) is 5.02 Å². The Balaban J connectivity index is 1.74. The molecular weight excluding hydrogens is 294 g/mol. The zero-order chi connectivity index (χ0) is 15.2. The molecule has 0 amide bonds. The van der Waals surface area contributed by atoms with Gasteiger partial charge in [0.15, 0.2) is 0 Å². The second-order valence-corrected chi connectivity index (χ2v) is 6.29. The Labute approximate surface area is 137 Å². The molecule has 1 aliphatic heterocycles. The first-order valence-corrected chi connectivity index (χ1v) is 8.39. The summed E-state index contributed by atoms with van der Waals surface area (Å²) in [6.45, 7) is 1.12. The summed E-state index contributed by atoms with van der Waals surface area (Å²) in [5.74, 6) is 0.870. The average molecular weight is 316 g/mol. The van der Waals surface area contributed by atoms with Crippen molar-refractivity contribution >= 4 is 11.6 Å². The van der Waals surface area contributed by atoms with Gasteiger partial charge in [0, 0.05) is 17.5 Å². The summed E-state index contributed by atoms with van der Waals surface area (Å²) in [6.07, 6.45) is 4.88. The Hall–Kier alpha value is -1.51. The number of halogens is 1. The number of hydrogen-bond donors (Lipinski definition) is 1. The normalized spacial score (nSPS) is 19.6. The fourth-order valence-electron chi connectivity index (χ4n) is 2.98. The first kappa shape index (κ1) is 15.4. The quantitative estimate of drug-likeness (QED) is 0.839. The predicted octanol–water partition coefficient (Wildman–Crippen LogP) is 4.99. The maximum absolute atomic E-state index is 6.26. The summed E-state index contributed by atoms with van der Waals surface area (Å²) in [4.78, 5) is 0. The molecule has 2 aromatic carbocycles. The van der Waals surface area contributed by atoms with E-state index in [1.165, 1.54) is 24.8 Å². The molecule has 2 aromatic rings. The van der Waals surface area contributed by atoms with E-state index >= 15 is 0 Å². The third-order valence-corrected chi connectivity index (χ3v) is 4.43. The van der Waals surface area contributed by atoms with Crippen LogP contribution >= 0.6 is 11.6 Å². The van der Waals surface area contributed by atoms with Crippen molar-refractivity contribution in [2.45, 2.75) is 37.8 Å². The lowest BCUT2D eigenvalue weighted by Crippen LogP contribution is -2.36. The Bertz CT molecular complexity index is 564. The summed E-state index contributed by atoms with van der Waals surface area (Å²) in [7, 11) is 0. The molecule has 3 heteroatoms. The summed E-state index contributed by atoms with van der Waals surface area (Å²) in [6, 6.07) is 18.6. The highest BCUT2D eigenvalue weighted by atomic mass is 35.5. The molecule has 0 bridgehead atoms. The molecule has 1 heterocycles. The minimum absolute atomic E-state index is 0.0676. The molecule has 1 saturated heterocycles. The lowest BCUT2D eigenvalue weighted by atomic mass is 9.96. The van der Waals surface area contributed by atoms with E-state index in [4.69, 9.17) is 16.3 Å². The van der Waals surface area contributed by atoms with Gasteiger partial charge < -0.3 is 10.1 Å². The van der Waals surface area contributed by atoms with Crippen LogP contribution in [0, 0.1) is 0 Å². The molecule has 1 N–H and O–H groups in total. The van der Waals surface area contributed by atoms with Crippen LogP contribution in [-0.2, 0) is 0 Å². The molecule has 0 spiro atoms. The standard InChI is InChI=1S/C19H22ClNO/c20-16-9-11-18(12-10-16)22-19(15-6-2-1-3-7-15)14-17-8-4-5-13-21-17/h1-3,6-7,9-12,17,19,21H,4-5,8,13-14H2. The van der Waals surface area contributed by atoms with E-state index in [0.29, 0.717) is 6.04 Å². The summed E-state index contributed by atoms with van der Waals surface area (Å²) in [5, 5.41) is 4.35. The Morgan fingerprint density at radius 3 is 2.50 bits per heavy atom. The van der Waals surface area contributed by atoms with Crippen LogP contribution in [0.4, 0.5) is 0 Å². The molecule has 0 radical (unpaired) electrons. The summed E-state index contributed by atoms with van der Waals surface area (Å²) >= 11 is 5.96. The van der Waals surface area contributed by atoms with E-state index in [9.17, 15) is 0 Å². The van der Waals surface area contributed by atoms with E-state index in [1.54, 1.807) is 0 Å². The number of piperidine rings is 1. The molecule has 0 aliphatic carbocycles. The highest BCUT2D eigenvalue weighted by molar-refractivity contribution is 6.30. The highest BCUT2D eigenvalue weighted by Gasteiger charge is 2.21. The molecule has 116 valence electrons. The average Bonchev–Trinajstić information content (AvgIpc) is 2.58. The molecule has 2 unspecified atom stereocenters. The zero-order valence-electron chi connectivity index (χ0n) is 12.7. The van der Waals surface area contributed by atoms with Gasteiger partial charge in [-0.3, -0.25) is 0 Å². The van der Waals surface area contributed by atoms with Crippen LogP contribution in [-0.4, -0.2) is 12.6 Å². The Morgan fingerprint density at radius 2 is 1.82 bits per heavy atom. The first-order valence-electron chi connectivity index (χ1n) is 8.02. The fourth-order valence-corrected chi connectivity index (χ4v) is 3.11. The smallest absolute Gasteiger partial charge is 0.125 e. The fraction of sp³-hybridized carbons (Fsp3) is 0.368. The second kappa shape index (κ2) is 7.66. The minimum atomic E-state index is 0.0676. The molecule has 22 heavy (non-hydrogen) atoms. The van der Waals surface area contributed by atoms with Crippen LogP contribution < -0.4 is 10.1 Å². The van der Waals surface area contributed by atoms with Gasteiger partial charge in [0.05, 0.1) is 0 Å². The van der Waals surface area contributed by atoms with Gasteiger partial charge in [-0.25, -0.2) is 0 Å². The highest BCUT2D eigenvalue weighted by Crippen LogP contribution is 2.28. The predicted molar refractivity (Wildman–Crippen MR) is 91.5 cm³/mol. The van der Waals surface area contributed by atoms with Gasteiger partial charge in [-0.1, -0.05) is 48.4 Å². The maximum Gasteiger partial charge on any atom is 0.125 e. The third kappa shape index (κ3) is 4.25. The van der Waals surface area contributed by atoms with Gasteiger partial charge in [-0.15, -0.1) is 0 Å². The summed E-state index contributed by atoms with van der Waals surface area (Å²) < 4.78 is 6.26. The van der Waals surface area contributed by atoms with Gasteiger partial charge in [-0.05, 0) is 49.2 Å². The zero-order valence-corrected chi connectivity index (χ0v) is 13.4. The van der Waals surface area contributed by atoms with Crippen molar-refractivity contribution in [3.63, 3.8) is 0 Å². The number of rotatable bonds is 5. The van der Waals surface area contributed by atoms with Gasteiger partial charge >= 0.3 is 0 Å². The third-order valence-electron chi connectivity index (χ3n) is 4.17. The maximum atomic E-state index is 6.26. The van der Waals surface area contributed by atoms with Gasteiger partial charge in [0.2, 0.25) is 0 Å². The summed E-state index contributed by atoms with van der Waals surface area (Å²) in [5.41, 5.74) is 1.23. The second-order valence-electron chi connectivity index (χ2n) is 5.85. The molecule has 3 rings (SSSR count). The molecule has 2 atom stereocenters. The minimum Gasteiger partial charge on any atom is -0.486 e. The number of ether oxygens (including phenoxy) is 1. The van der Waals surface area contributed by atoms with E-state index in [0.717, 1.165) is 23.7 Å². The lowest BCUT2D eigenvalue weighted by Gasteiger charge is -2.28. The Kier molecular flexibility index (Phi) is 5.36. The molecule has 1 fully saturated rings. The van der Waals surface area contributed by atoms with E-state index < -0.39 is 0 Å². The van der Waals surface area contributed by atoms with Crippen LogP contribution in [0.25, 0.3) is 0 Å². The largest absolute Gasteiger partial charge is 0.486 e. The van der Waals surface area contributed by atoms with E-state index in [1.807, 2.05) is 30.3 Å². The molecule has 0 aromatic heterocycles. The van der Waals surface area contributed by atoms with Crippen LogP contribution in [0.3, 0.4) is 0 Å². The topological polar surface area (TPSA) is 21.3 Å². The first-order chi connectivity index (χ1) is 10.8. The number of hydrogen-bond acceptors (Lipinski definition) is 2. The van der Waals surface area contributed by atoms with Crippen LogP contribution in [0.1, 0.15) is 37.4 Å². The lowest BCUT2D eigenvalue weighted by molar-refractivity contribution is 0.169. The van der Waals surface area contributed by atoms with Crippen molar-refractivity contribution < 1.29 is 4.74 Å². The van der Waals surface area contributed by atoms with Gasteiger partial charge in [0.25, 0.3) is 0 Å². The van der Waals surface area contributed by atoms with Crippen molar-refractivity contribution in [2.24, 2.45) is 0 Å². The van der Waals surface area contributed by atoms with E-state index in [2.05, 4.69) is 29.6 Å². The SMILES string of the molecule is Clc1ccc(OC(CC2CCCCN2)c2ccccc2)cc1. The van der Waals surface area contributed by atoms with E-state index in [-0.39, 0.29) is 6.10 Å². The molecule has 1 aliphatic rings. The van der Waals surface area contributed by atoms with Crippen LogP contribution in [0.15, 0.2) is 54.6 Å². The van der Waals surface area contributed by atoms with Crippen molar-refractivity contribution in [3.05, 3.63) is 65.2 Å². The van der Waals surface area contributed by atoms with Crippen molar-refractivity contribution in [1.29, 1.82) is 0 Å². The van der Waals surface area contributed by atoms with Crippen molar-refractivity contribution in [2.75, 3.05) is 6.54 Å². The van der Waals surface area contributed by atoms with Crippen molar-refractivity contribution in [1.82, 2.24) is 5.32 Å². The van der Waals surface area contributed by atoms with Crippen LogP contribution in [0.5, 0.6) is 5.75 Å². The van der Waals surface area contributed by atoms with Crippen molar-refractivity contribution in [3.8, 4) is 5.75 Å². The molecule has 0 saturated carbocycles. The van der Waals surface area contributed by atoms with Gasteiger partial charge in [0.1, 0.15) is 11.9 Å². The molecular formula is C19H22ClNO. The Morgan fingerprint density at radius 1 is 1.05 bits per heavy atom.